The van der Waals surface area contributed by atoms with Crippen LogP contribution in [0.1, 0.15) is 19.0 Å². The second kappa shape index (κ2) is 3.69. The van der Waals surface area contributed by atoms with Crippen LogP contribution in [0.2, 0.25) is 0 Å². The van der Waals surface area contributed by atoms with Crippen molar-refractivity contribution < 1.29 is 22.5 Å². The Hall–Kier alpha value is -1.53. The number of alkyl halides is 3. The zero-order valence-electron chi connectivity index (χ0n) is 7.18. The van der Waals surface area contributed by atoms with E-state index in [1.807, 2.05) is 0 Å². The summed E-state index contributed by atoms with van der Waals surface area (Å²) in [5.74, 6) is -0.737. The Labute approximate surface area is 77.1 Å². The fourth-order valence-electron chi connectivity index (χ4n) is 0.694. The van der Waals surface area contributed by atoms with E-state index in [1.54, 1.807) is 6.92 Å². The molecule has 14 heavy (non-hydrogen) atoms. The van der Waals surface area contributed by atoms with Gasteiger partial charge in [-0.25, -0.2) is 0 Å². The van der Waals surface area contributed by atoms with E-state index < -0.39 is 17.8 Å². The van der Waals surface area contributed by atoms with E-state index in [2.05, 4.69) is 15.0 Å². The number of anilines is 1. The van der Waals surface area contributed by atoms with E-state index in [0.29, 0.717) is 6.07 Å². The summed E-state index contributed by atoms with van der Waals surface area (Å²) in [6.07, 6.45) is -4.40. The van der Waals surface area contributed by atoms with E-state index >= 15 is 0 Å². The lowest BCUT2D eigenvalue weighted by molar-refractivity contribution is -0.142. The fraction of sp³-hybridized carbons (Fsp3) is 0.429. The standard InChI is InChI=1S/C7H7F3N2O2/c1-2-5(13)11-6-3-4(12-14-6)7(8,9)10/h3H,2H2,1H3,(H,11,13). The average molecular weight is 208 g/mol. The van der Waals surface area contributed by atoms with E-state index in [1.165, 1.54) is 0 Å². The minimum atomic E-state index is -4.56. The monoisotopic (exact) mass is 208 g/mol. The second-order valence-electron chi connectivity index (χ2n) is 2.48. The van der Waals surface area contributed by atoms with Gasteiger partial charge < -0.3 is 4.52 Å². The maximum absolute atomic E-state index is 12.0. The first-order valence-corrected chi connectivity index (χ1v) is 3.77. The van der Waals surface area contributed by atoms with Crippen LogP contribution in [0.15, 0.2) is 10.6 Å². The number of carbonyl (C=O) groups is 1. The highest BCUT2D eigenvalue weighted by molar-refractivity contribution is 5.89. The molecular formula is C7H7F3N2O2. The van der Waals surface area contributed by atoms with Gasteiger partial charge >= 0.3 is 6.18 Å². The summed E-state index contributed by atoms with van der Waals surface area (Å²) in [5.41, 5.74) is -1.16. The molecule has 0 atom stereocenters. The minimum Gasteiger partial charge on any atom is -0.338 e. The average Bonchev–Trinajstić information content (AvgIpc) is 2.51. The van der Waals surface area contributed by atoms with Crippen LogP contribution in [0, 0.1) is 0 Å². The first kappa shape index (κ1) is 10.6. The number of amides is 1. The summed E-state index contributed by atoms with van der Waals surface area (Å²) in [6.45, 7) is 1.57. The van der Waals surface area contributed by atoms with Gasteiger partial charge in [0.25, 0.3) is 0 Å². The molecule has 0 bridgehead atoms. The van der Waals surface area contributed by atoms with Crippen molar-refractivity contribution in [3.8, 4) is 0 Å². The molecule has 1 N–H and O–H groups in total. The maximum Gasteiger partial charge on any atom is 0.436 e. The van der Waals surface area contributed by atoms with Crippen molar-refractivity contribution in [2.24, 2.45) is 0 Å². The van der Waals surface area contributed by atoms with E-state index in [0.717, 1.165) is 0 Å². The number of rotatable bonds is 2. The number of halogens is 3. The second-order valence-corrected chi connectivity index (χ2v) is 2.48. The molecule has 1 amide bonds. The molecule has 1 rings (SSSR count). The van der Waals surface area contributed by atoms with Crippen molar-refractivity contribution in [3.05, 3.63) is 11.8 Å². The molecular weight excluding hydrogens is 201 g/mol. The van der Waals surface area contributed by atoms with Gasteiger partial charge in [0.1, 0.15) is 0 Å². The number of carbonyl (C=O) groups excluding carboxylic acids is 1. The summed E-state index contributed by atoms with van der Waals surface area (Å²) in [7, 11) is 0. The van der Waals surface area contributed by atoms with Crippen LogP contribution in [-0.2, 0) is 11.0 Å². The van der Waals surface area contributed by atoms with Gasteiger partial charge in [-0.05, 0) is 0 Å². The number of nitrogens with one attached hydrogen (secondary N) is 1. The van der Waals surface area contributed by atoms with Crippen LogP contribution in [0.25, 0.3) is 0 Å². The lowest BCUT2D eigenvalue weighted by Crippen LogP contribution is -2.08. The van der Waals surface area contributed by atoms with Crippen LogP contribution in [0.3, 0.4) is 0 Å². The molecule has 1 aromatic heterocycles. The highest BCUT2D eigenvalue weighted by atomic mass is 19.4. The SMILES string of the molecule is CCC(=O)Nc1cc(C(F)(F)F)no1. The lowest BCUT2D eigenvalue weighted by atomic mass is 10.4. The molecule has 0 aliphatic rings. The van der Waals surface area contributed by atoms with Crippen molar-refractivity contribution in [2.75, 3.05) is 5.32 Å². The molecule has 7 heteroatoms. The van der Waals surface area contributed by atoms with E-state index in [-0.39, 0.29) is 12.3 Å². The number of hydrogen-bond donors (Lipinski definition) is 1. The molecule has 0 saturated carbocycles. The smallest absolute Gasteiger partial charge is 0.338 e. The third-order valence-electron chi connectivity index (χ3n) is 1.38. The lowest BCUT2D eigenvalue weighted by Gasteiger charge is -1.97. The fourth-order valence-corrected chi connectivity index (χ4v) is 0.694. The van der Waals surface area contributed by atoms with E-state index in [4.69, 9.17) is 0 Å². The first-order valence-electron chi connectivity index (χ1n) is 3.77. The maximum atomic E-state index is 12.0. The molecule has 0 radical (unpaired) electrons. The zero-order valence-corrected chi connectivity index (χ0v) is 7.18. The molecule has 1 aromatic rings. The summed E-state index contributed by atoms with van der Waals surface area (Å²) in [5, 5.41) is 4.88. The Morgan fingerprint density at radius 2 is 2.29 bits per heavy atom. The van der Waals surface area contributed by atoms with Crippen LogP contribution in [0.5, 0.6) is 0 Å². The number of hydrogen-bond acceptors (Lipinski definition) is 3. The van der Waals surface area contributed by atoms with Crippen LogP contribution in [0.4, 0.5) is 19.1 Å². The Morgan fingerprint density at radius 3 is 2.71 bits per heavy atom. The molecule has 0 aromatic carbocycles. The van der Waals surface area contributed by atoms with Gasteiger partial charge in [-0.15, -0.1) is 0 Å². The molecule has 78 valence electrons. The topological polar surface area (TPSA) is 55.1 Å². The molecule has 0 aliphatic carbocycles. The van der Waals surface area contributed by atoms with Crippen LogP contribution in [-0.4, -0.2) is 11.1 Å². The van der Waals surface area contributed by atoms with Crippen molar-refractivity contribution in [1.29, 1.82) is 0 Å². The minimum absolute atomic E-state index is 0.155. The van der Waals surface area contributed by atoms with Crippen molar-refractivity contribution in [1.82, 2.24) is 5.16 Å². The Morgan fingerprint density at radius 1 is 1.64 bits per heavy atom. The summed E-state index contributed by atoms with van der Waals surface area (Å²) >= 11 is 0. The van der Waals surface area contributed by atoms with E-state index in [9.17, 15) is 18.0 Å². The third kappa shape index (κ3) is 2.48. The molecule has 0 unspecified atom stereocenters. The normalized spacial score (nSPS) is 11.4. The summed E-state index contributed by atoms with van der Waals surface area (Å²) < 4.78 is 40.2. The Balaban J connectivity index is 2.74. The van der Waals surface area contributed by atoms with Gasteiger partial charge in [-0.2, -0.15) is 13.2 Å². The van der Waals surface area contributed by atoms with Gasteiger partial charge in [-0.3, -0.25) is 10.1 Å². The van der Waals surface area contributed by atoms with Crippen LogP contribution >= 0.6 is 0 Å². The largest absolute Gasteiger partial charge is 0.436 e. The van der Waals surface area contributed by atoms with Gasteiger partial charge in [-0.1, -0.05) is 12.1 Å². The third-order valence-corrected chi connectivity index (χ3v) is 1.38. The van der Waals surface area contributed by atoms with Gasteiger partial charge in [0, 0.05) is 12.5 Å². The Kier molecular flexibility index (Phi) is 2.78. The Bertz CT molecular complexity index is 332. The quantitative estimate of drug-likeness (QED) is 0.809. The van der Waals surface area contributed by atoms with Gasteiger partial charge in [0.15, 0.2) is 5.69 Å². The highest BCUT2D eigenvalue weighted by Crippen LogP contribution is 2.29. The molecule has 0 spiro atoms. The highest BCUT2D eigenvalue weighted by Gasteiger charge is 2.35. The molecule has 1 heterocycles. The molecule has 0 aliphatic heterocycles. The number of nitrogens with zero attached hydrogens (tertiary/aromatic N) is 1. The van der Waals surface area contributed by atoms with Crippen molar-refractivity contribution >= 4 is 11.8 Å². The summed E-state index contributed by atoms with van der Waals surface area (Å²) in [4.78, 5) is 10.8. The molecule has 0 saturated heterocycles. The van der Waals surface area contributed by atoms with Gasteiger partial charge in [0.2, 0.25) is 11.8 Å². The van der Waals surface area contributed by atoms with Crippen molar-refractivity contribution in [3.63, 3.8) is 0 Å². The van der Waals surface area contributed by atoms with Crippen LogP contribution < -0.4 is 5.32 Å². The van der Waals surface area contributed by atoms with Gasteiger partial charge in [0.05, 0.1) is 0 Å². The summed E-state index contributed by atoms with van der Waals surface area (Å²) in [6, 6.07) is 0.632. The number of aromatic nitrogens is 1. The molecule has 4 nitrogen and oxygen atoms in total. The van der Waals surface area contributed by atoms with Crippen molar-refractivity contribution in [2.45, 2.75) is 19.5 Å². The predicted molar refractivity (Wildman–Crippen MR) is 40.4 cm³/mol. The zero-order chi connectivity index (χ0) is 10.8. The predicted octanol–water partition coefficient (Wildman–Crippen LogP) is 2.04. The first-order chi connectivity index (χ1) is 6.43. The molecule has 0 fully saturated rings.